The molecular weight excluding hydrogens is 382 g/mol. The van der Waals surface area contributed by atoms with E-state index in [4.69, 9.17) is 0 Å². The summed E-state index contributed by atoms with van der Waals surface area (Å²) < 4.78 is 42.4. The Labute approximate surface area is 138 Å². The molecule has 0 amide bonds. The second-order valence-corrected chi connectivity index (χ2v) is 7.61. The van der Waals surface area contributed by atoms with Crippen molar-refractivity contribution in [2.75, 3.05) is 0 Å². The van der Waals surface area contributed by atoms with Crippen LogP contribution in [0.5, 0.6) is 0 Å². The average molecular weight is 404 g/mol. The summed E-state index contributed by atoms with van der Waals surface area (Å²) in [6.07, 6.45) is 24.6. The minimum atomic E-state index is -6.00. The van der Waals surface area contributed by atoms with Crippen LogP contribution in [0.2, 0.25) is 0 Å². The van der Waals surface area contributed by atoms with E-state index in [1.54, 1.807) is 8.33 Å². The van der Waals surface area contributed by atoms with Crippen LogP contribution in [0.25, 0.3) is 0 Å². The summed E-state index contributed by atoms with van der Waals surface area (Å²) in [5.74, 6) is 0. The topological polar surface area (TPSA) is 0 Å². The number of rotatable bonds is 2. The standard InChI is InChI=1S/2C8H11.BF4.Rh/c2*1-2-4-6-8-7-5-3-1;2-1(3,4)5;/h2*1-3H,4,6-8H2;;/q;;-1;+1. The third kappa shape index (κ3) is 12.0. The summed E-state index contributed by atoms with van der Waals surface area (Å²) >= 11 is 0.528. The van der Waals surface area contributed by atoms with E-state index in [-0.39, 0.29) is 0 Å². The second-order valence-electron chi connectivity index (χ2n) is 5.10. The molecule has 0 saturated carbocycles. The van der Waals surface area contributed by atoms with Crippen LogP contribution in [0.15, 0.2) is 44.8 Å². The molecule has 0 aromatic heterocycles. The Morgan fingerprint density at radius 2 is 1.14 bits per heavy atom. The third-order valence-electron chi connectivity index (χ3n) is 3.08. The summed E-state index contributed by atoms with van der Waals surface area (Å²) in [5.41, 5.74) is 0. The maximum Gasteiger partial charge on any atom is 0.673 e. The first-order valence-electron chi connectivity index (χ1n) is 7.64. The molecule has 0 heterocycles. The fourth-order valence-electron chi connectivity index (χ4n) is 2.07. The summed E-state index contributed by atoms with van der Waals surface area (Å²) in [5, 5.41) is 0. The van der Waals surface area contributed by atoms with Crippen molar-refractivity contribution < 1.29 is 34.4 Å². The van der Waals surface area contributed by atoms with Crippen LogP contribution in [0.1, 0.15) is 51.4 Å². The van der Waals surface area contributed by atoms with Crippen molar-refractivity contribution in [1.29, 1.82) is 0 Å². The SMILES string of the molecule is C1=CCCCC[C]([Rh+][C]2=CC=CCCCC2)=C1.F[B-](F)(F)F. The van der Waals surface area contributed by atoms with Gasteiger partial charge < -0.3 is 17.3 Å². The van der Waals surface area contributed by atoms with Crippen molar-refractivity contribution in [3.63, 3.8) is 0 Å². The molecule has 0 atom stereocenters. The fraction of sp³-hybridized carbons (Fsp3) is 0.500. The predicted octanol–water partition coefficient (Wildman–Crippen LogP) is 6.40. The predicted molar refractivity (Wildman–Crippen MR) is 81.6 cm³/mol. The van der Waals surface area contributed by atoms with E-state index in [2.05, 4.69) is 36.5 Å². The Kier molecular flexibility index (Phi) is 9.70. The zero-order valence-corrected chi connectivity index (χ0v) is 14.2. The molecule has 0 aliphatic heterocycles. The van der Waals surface area contributed by atoms with Gasteiger partial charge in [-0.15, -0.1) is 0 Å². The largest absolute Gasteiger partial charge is 0.673 e. The third-order valence-corrected chi connectivity index (χ3v) is 5.49. The van der Waals surface area contributed by atoms with E-state index in [0.717, 1.165) is 0 Å². The molecule has 2 rings (SSSR count). The minimum Gasteiger partial charge on any atom is -0.418 e. The zero-order chi connectivity index (χ0) is 16.3. The first kappa shape index (κ1) is 19.4. The van der Waals surface area contributed by atoms with Gasteiger partial charge in [-0.05, 0) is 0 Å². The molecule has 0 unspecified atom stereocenters. The van der Waals surface area contributed by atoms with Gasteiger partial charge in [-0.25, -0.2) is 0 Å². The fourth-order valence-corrected chi connectivity index (χ4v) is 4.32. The maximum atomic E-state index is 9.75. The van der Waals surface area contributed by atoms with Crippen LogP contribution in [0, 0.1) is 0 Å². The molecule has 0 spiro atoms. The van der Waals surface area contributed by atoms with Crippen LogP contribution in [0.4, 0.5) is 17.3 Å². The molecule has 22 heavy (non-hydrogen) atoms. The van der Waals surface area contributed by atoms with Gasteiger partial charge in [0.1, 0.15) is 0 Å². The monoisotopic (exact) mass is 404 g/mol. The molecule has 0 fully saturated rings. The van der Waals surface area contributed by atoms with Gasteiger partial charge in [-0.3, -0.25) is 0 Å². The van der Waals surface area contributed by atoms with Crippen LogP contribution in [0.3, 0.4) is 0 Å². The molecule has 6 heteroatoms. The van der Waals surface area contributed by atoms with Crippen LogP contribution < -0.4 is 0 Å². The van der Waals surface area contributed by atoms with E-state index in [0.29, 0.717) is 17.1 Å². The normalized spacial score (nSPS) is 19.8. The number of halogens is 4. The van der Waals surface area contributed by atoms with E-state index in [9.17, 15) is 17.3 Å². The molecule has 0 aromatic carbocycles. The van der Waals surface area contributed by atoms with Crippen molar-refractivity contribution in [2.24, 2.45) is 0 Å². The molecule has 0 nitrogen and oxygen atoms in total. The van der Waals surface area contributed by atoms with Crippen molar-refractivity contribution in [2.45, 2.75) is 51.4 Å². The minimum absolute atomic E-state index is 0.528. The van der Waals surface area contributed by atoms with Crippen molar-refractivity contribution in [3.05, 3.63) is 44.8 Å². The molecule has 0 N–H and O–H groups in total. The van der Waals surface area contributed by atoms with Crippen molar-refractivity contribution >= 4 is 7.25 Å². The summed E-state index contributed by atoms with van der Waals surface area (Å²) in [6.45, 7) is 0. The van der Waals surface area contributed by atoms with Crippen molar-refractivity contribution in [1.82, 2.24) is 0 Å². The summed E-state index contributed by atoms with van der Waals surface area (Å²) in [4.78, 5) is 0. The van der Waals surface area contributed by atoms with Gasteiger partial charge in [0.25, 0.3) is 0 Å². The molecule has 2 aliphatic rings. The molecule has 126 valence electrons. The first-order valence-corrected chi connectivity index (χ1v) is 9.28. The van der Waals surface area contributed by atoms with E-state index in [1.807, 2.05) is 0 Å². The second kappa shape index (κ2) is 11.0. The number of hydrogen-bond acceptors (Lipinski definition) is 0. The van der Waals surface area contributed by atoms with Gasteiger partial charge in [-0.1, -0.05) is 0 Å². The van der Waals surface area contributed by atoms with Crippen LogP contribution in [-0.4, -0.2) is 7.25 Å². The van der Waals surface area contributed by atoms with Gasteiger partial charge in [0.15, 0.2) is 0 Å². The summed E-state index contributed by atoms with van der Waals surface area (Å²) in [7, 11) is -6.00. The Morgan fingerprint density at radius 1 is 0.727 bits per heavy atom. The quantitative estimate of drug-likeness (QED) is 0.369. The van der Waals surface area contributed by atoms with Gasteiger partial charge in [0, 0.05) is 0 Å². The molecule has 0 saturated heterocycles. The Hall–Kier alpha value is -0.632. The Morgan fingerprint density at radius 3 is 1.55 bits per heavy atom. The maximum absolute atomic E-state index is 9.75. The van der Waals surface area contributed by atoms with Crippen LogP contribution in [-0.2, 0) is 17.1 Å². The van der Waals surface area contributed by atoms with E-state index < -0.39 is 7.25 Å². The van der Waals surface area contributed by atoms with Crippen LogP contribution >= 0.6 is 0 Å². The Bertz CT molecular complexity index is 396. The van der Waals surface area contributed by atoms with Gasteiger partial charge in [0.05, 0.1) is 0 Å². The smallest absolute Gasteiger partial charge is 0.418 e. The van der Waals surface area contributed by atoms with E-state index >= 15 is 0 Å². The first-order chi connectivity index (χ1) is 10.4. The van der Waals surface area contributed by atoms with Crippen molar-refractivity contribution in [3.8, 4) is 0 Å². The number of allylic oxidation sites excluding steroid dienone is 8. The molecule has 0 bridgehead atoms. The molecule has 0 radical (unpaired) electrons. The van der Waals surface area contributed by atoms with Gasteiger partial charge in [0.2, 0.25) is 0 Å². The van der Waals surface area contributed by atoms with Gasteiger partial charge in [-0.2, -0.15) is 0 Å². The average Bonchev–Trinajstić information content (AvgIpc) is 2.32. The molecule has 0 aromatic rings. The van der Waals surface area contributed by atoms with E-state index in [1.165, 1.54) is 51.4 Å². The Balaban J connectivity index is 0.000000422. The summed E-state index contributed by atoms with van der Waals surface area (Å²) in [6, 6.07) is 0. The molecular formula is C16H22BF4Rh. The van der Waals surface area contributed by atoms with Gasteiger partial charge >= 0.3 is 121 Å². The zero-order valence-electron chi connectivity index (χ0n) is 12.5. The number of hydrogen-bond donors (Lipinski definition) is 0. The molecule has 2 aliphatic carbocycles.